The molecule has 6 heteroatoms. The Hall–Kier alpha value is -3.80. The van der Waals surface area contributed by atoms with Crippen LogP contribution >= 0.6 is 0 Å². The number of rotatable bonds is 5. The first-order valence-electron chi connectivity index (χ1n) is 8.82. The van der Waals surface area contributed by atoms with Gasteiger partial charge in [-0.05, 0) is 47.9 Å². The van der Waals surface area contributed by atoms with E-state index in [4.69, 9.17) is 18.6 Å². The smallest absolute Gasteiger partial charge is 0.344 e. The van der Waals surface area contributed by atoms with E-state index < -0.39 is 11.4 Å². The summed E-state index contributed by atoms with van der Waals surface area (Å²) >= 11 is 0. The Bertz CT molecular complexity index is 1250. The van der Waals surface area contributed by atoms with Gasteiger partial charge in [0.2, 0.25) is 0 Å². The zero-order valence-corrected chi connectivity index (χ0v) is 15.8. The molecule has 29 heavy (non-hydrogen) atoms. The second-order valence-corrected chi connectivity index (χ2v) is 6.24. The predicted molar refractivity (Wildman–Crippen MR) is 107 cm³/mol. The van der Waals surface area contributed by atoms with Crippen LogP contribution in [0.5, 0.6) is 23.0 Å². The van der Waals surface area contributed by atoms with Gasteiger partial charge in [-0.15, -0.1) is 0 Å². The van der Waals surface area contributed by atoms with Crippen molar-refractivity contribution >= 4 is 10.8 Å². The molecule has 0 aliphatic rings. The van der Waals surface area contributed by atoms with E-state index in [0.29, 0.717) is 39.3 Å². The van der Waals surface area contributed by atoms with Gasteiger partial charge in [0.05, 0.1) is 25.2 Å². The highest BCUT2D eigenvalue weighted by Gasteiger charge is 2.15. The molecule has 0 fully saturated rings. The molecule has 0 spiro atoms. The summed E-state index contributed by atoms with van der Waals surface area (Å²) in [4.78, 5) is 12.3. The monoisotopic (exact) mass is 392 g/mol. The lowest BCUT2D eigenvalue weighted by atomic mass is 10.1. The van der Waals surface area contributed by atoms with Gasteiger partial charge in [0, 0.05) is 6.07 Å². The third-order valence-electron chi connectivity index (χ3n) is 4.46. The van der Waals surface area contributed by atoms with Crippen LogP contribution in [0, 0.1) is 5.82 Å². The first kappa shape index (κ1) is 18.6. The third-order valence-corrected chi connectivity index (χ3v) is 4.46. The normalized spacial score (nSPS) is 10.7. The topological polar surface area (TPSA) is 57.9 Å². The standard InChI is InChI=1S/C23H17FO5/c1-26-20-10-8-16(13-22(20)27-2)28-19-9-7-15(24)12-18(19)21-11-14-5-3-4-6-17(14)23(25)29-21/h3-13H,1-2H3. The van der Waals surface area contributed by atoms with Crippen molar-refractivity contribution in [3.63, 3.8) is 0 Å². The zero-order chi connectivity index (χ0) is 20.4. The zero-order valence-electron chi connectivity index (χ0n) is 15.8. The highest BCUT2D eigenvalue weighted by molar-refractivity contribution is 5.84. The number of fused-ring (bicyclic) bond motifs is 1. The molecule has 1 heterocycles. The van der Waals surface area contributed by atoms with E-state index in [2.05, 4.69) is 0 Å². The van der Waals surface area contributed by atoms with Gasteiger partial charge in [-0.25, -0.2) is 9.18 Å². The molecule has 146 valence electrons. The Balaban J connectivity index is 1.81. The summed E-state index contributed by atoms with van der Waals surface area (Å²) in [7, 11) is 3.06. The number of hydrogen-bond acceptors (Lipinski definition) is 5. The van der Waals surface area contributed by atoms with Gasteiger partial charge in [0.25, 0.3) is 0 Å². The molecule has 0 saturated carbocycles. The van der Waals surface area contributed by atoms with Crippen molar-refractivity contribution in [1.82, 2.24) is 0 Å². The van der Waals surface area contributed by atoms with Crippen LogP contribution in [-0.4, -0.2) is 14.2 Å². The fourth-order valence-corrected chi connectivity index (χ4v) is 3.06. The van der Waals surface area contributed by atoms with E-state index >= 15 is 0 Å². The predicted octanol–water partition coefficient (Wildman–Crippen LogP) is 5.41. The average Bonchev–Trinajstić information content (AvgIpc) is 2.74. The third kappa shape index (κ3) is 3.65. The van der Waals surface area contributed by atoms with Crippen LogP contribution in [0.2, 0.25) is 0 Å². The molecule has 0 unspecified atom stereocenters. The Labute approximate surface area is 165 Å². The highest BCUT2D eigenvalue weighted by atomic mass is 19.1. The van der Waals surface area contributed by atoms with E-state index in [0.717, 1.165) is 0 Å². The molecule has 0 aliphatic carbocycles. The molecule has 5 nitrogen and oxygen atoms in total. The number of benzene rings is 3. The number of ether oxygens (including phenoxy) is 3. The van der Waals surface area contributed by atoms with Crippen molar-refractivity contribution in [3.8, 4) is 34.3 Å². The fourth-order valence-electron chi connectivity index (χ4n) is 3.06. The van der Waals surface area contributed by atoms with Crippen LogP contribution in [-0.2, 0) is 0 Å². The van der Waals surface area contributed by atoms with Crippen molar-refractivity contribution in [2.75, 3.05) is 14.2 Å². The Kier molecular flexibility index (Phi) is 4.91. The summed E-state index contributed by atoms with van der Waals surface area (Å²) in [5.41, 5.74) is -0.179. The summed E-state index contributed by atoms with van der Waals surface area (Å²) in [6.45, 7) is 0. The molecule has 1 aromatic heterocycles. The van der Waals surface area contributed by atoms with Crippen LogP contribution < -0.4 is 19.8 Å². The lowest BCUT2D eigenvalue weighted by molar-refractivity contribution is 0.352. The van der Waals surface area contributed by atoms with E-state index in [1.54, 1.807) is 42.5 Å². The molecule has 4 rings (SSSR count). The molecule has 0 bridgehead atoms. The second-order valence-electron chi connectivity index (χ2n) is 6.24. The maximum Gasteiger partial charge on any atom is 0.344 e. The summed E-state index contributed by atoms with van der Waals surface area (Å²) in [6.07, 6.45) is 0. The molecule has 0 atom stereocenters. The van der Waals surface area contributed by atoms with Crippen molar-refractivity contribution in [2.24, 2.45) is 0 Å². The summed E-state index contributed by atoms with van der Waals surface area (Å²) in [6, 6.07) is 17.8. The minimum absolute atomic E-state index is 0.212. The lowest BCUT2D eigenvalue weighted by Gasteiger charge is -2.13. The molecule has 0 N–H and O–H groups in total. The second kappa shape index (κ2) is 7.67. The van der Waals surface area contributed by atoms with Crippen molar-refractivity contribution in [1.29, 1.82) is 0 Å². The van der Waals surface area contributed by atoms with Crippen molar-refractivity contribution in [3.05, 3.63) is 83.0 Å². The summed E-state index contributed by atoms with van der Waals surface area (Å²) in [5.74, 6) is 1.57. The van der Waals surface area contributed by atoms with E-state index in [1.165, 1.54) is 32.4 Å². The van der Waals surface area contributed by atoms with Crippen molar-refractivity contribution < 1.29 is 23.0 Å². The van der Waals surface area contributed by atoms with Crippen LogP contribution in [0.1, 0.15) is 0 Å². The van der Waals surface area contributed by atoms with E-state index in [1.807, 2.05) is 6.07 Å². The first-order valence-corrected chi connectivity index (χ1v) is 8.82. The maximum absolute atomic E-state index is 14.0. The average molecular weight is 392 g/mol. The lowest BCUT2D eigenvalue weighted by Crippen LogP contribution is -2.01. The molecule has 0 amide bonds. The SMILES string of the molecule is COc1ccc(Oc2ccc(F)cc2-c2cc3ccccc3c(=O)o2)cc1OC. The molecular weight excluding hydrogens is 375 g/mol. The summed E-state index contributed by atoms with van der Waals surface area (Å²) < 4.78 is 35.9. The highest BCUT2D eigenvalue weighted by Crippen LogP contribution is 2.37. The maximum atomic E-state index is 14.0. The quantitative estimate of drug-likeness (QED) is 0.455. The Morgan fingerprint density at radius 3 is 2.38 bits per heavy atom. The van der Waals surface area contributed by atoms with Crippen LogP contribution in [0.3, 0.4) is 0 Å². The van der Waals surface area contributed by atoms with Gasteiger partial charge in [-0.3, -0.25) is 0 Å². The number of hydrogen-bond donors (Lipinski definition) is 0. The minimum Gasteiger partial charge on any atom is -0.493 e. The molecular formula is C23H17FO5. The van der Waals surface area contributed by atoms with Crippen LogP contribution in [0.25, 0.3) is 22.1 Å². The molecule has 0 saturated heterocycles. The van der Waals surface area contributed by atoms with Crippen LogP contribution in [0.15, 0.2) is 75.9 Å². The minimum atomic E-state index is -0.501. The van der Waals surface area contributed by atoms with Gasteiger partial charge in [-0.2, -0.15) is 0 Å². The Morgan fingerprint density at radius 2 is 1.59 bits per heavy atom. The molecule has 0 aliphatic heterocycles. The molecule has 3 aromatic carbocycles. The van der Waals surface area contributed by atoms with Gasteiger partial charge in [0.15, 0.2) is 11.5 Å². The number of halogens is 1. The summed E-state index contributed by atoms with van der Waals surface area (Å²) in [5, 5.41) is 1.15. The largest absolute Gasteiger partial charge is 0.493 e. The van der Waals surface area contributed by atoms with E-state index in [-0.39, 0.29) is 5.76 Å². The van der Waals surface area contributed by atoms with Gasteiger partial charge in [0.1, 0.15) is 23.1 Å². The van der Waals surface area contributed by atoms with Crippen molar-refractivity contribution in [2.45, 2.75) is 0 Å². The fraction of sp³-hybridized carbons (Fsp3) is 0.0870. The van der Waals surface area contributed by atoms with Gasteiger partial charge >= 0.3 is 5.63 Å². The number of methoxy groups -OCH3 is 2. The van der Waals surface area contributed by atoms with Crippen LogP contribution in [0.4, 0.5) is 4.39 Å². The molecule has 0 radical (unpaired) electrons. The van der Waals surface area contributed by atoms with Gasteiger partial charge < -0.3 is 18.6 Å². The van der Waals surface area contributed by atoms with Gasteiger partial charge in [-0.1, -0.05) is 18.2 Å². The van der Waals surface area contributed by atoms with E-state index in [9.17, 15) is 9.18 Å². The molecule has 4 aromatic rings. The Morgan fingerprint density at radius 1 is 0.828 bits per heavy atom. The first-order chi connectivity index (χ1) is 14.1.